The van der Waals surface area contributed by atoms with Crippen molar-refractivity contribution in [2.75, 3.05) is 13.1 Å². The van der Waals surface area contributed by atoms with E-state index >= 15 is 0 Å². The third-order valence-electron chi connectivity index (χ3n) is 3.69. The molecular formula is C12H22N2O4S. The van der Waals surface area contributed by atoms with Crippen LogP contribution in [-0.2, 0) is 14.9 Å². The average Bonchev–Trinajstić information content (AvgIpc) is 2.94. The Morgan fingerprint density at radius 3 is 2.11 bits per heavy atom. The van der Waals surface area contributed by atoms with Gasteiger partial charge in [-0.25, -0.2) is 9.52 Å². The van der Waals surface area contributed by atoms with E-state index in [0.717, 1.165) is 12.8 Å². The predicted octanol–water partition coefficient (Wildman–Crippen LogP) is 1.63. The van der Waals surface area contributed by atoms with Crippen molar-refractivity contribution in [2.45, 2.75) is 52.1 Å². The first-order chi connectivity index (χ1) is 8.62. The Morgan fingerprint density at radius 2 is 1.68 bits per heavy atom. The van der Waals surface area contributed by atoms with Crippen LogP contribution in [0.1, 0.15) is 46.5 Å². The lowest BCUT2D eigenvalue weighted by atomic mass is 9.95. The molecule has 1 saturated heterocycles. The standard InChI is InChI=1S/C12H22N2O4S/c1-11(2,3)18-10(15)13-19(16,17)14-8-6-12(4-5-12)7-9-14/h4-9H2,1-3H3,(H,13,15). The molecule has 0 atom stereocenters. The van der Waals surface area contributed by atoms with E-state index in [-0.39, 0.29) is 0 Å². The lowest BCUT2D eigenvalue weighted by molar-refractivity contribution is 0.0566. The Balaban J connectivity index is 1.89. The molecule has 1 aliphatic heterocycles. The number of ether oxygens (including phenoxy) is 1. The maximum Gasteiger partial charge on any atom is 0.422 e. The van der Waals surface area contributed by atoms with Gasteiger partial charge in [0.1, 0.15) is 5.60 Å². The van der Waals surface area contributed by atoms with Gasteiger partial charge < -0.3 is 4.74 Å². The number of carbonyl (C=O) groups excluding carboxylic acids is 1. The van der Waals surface area contributed by atoms with Gasteiger partial charge in [-0.15, -0.1) is 0 Å². The fraction of sp³-hybridized carbons (Fsp3) is 0.917. The quantitative estimate of drug-likeness (QED) is 0.838. The maximum atomic E-state index is 12.0. The Labute approximate surface area is 114 Å². The molecule has 6 nitrogen and oxygen atoms in total. The van der Waals surface area contributed by atoms with Gasteiger partial charge >= 0.3 is 16.3 Å². The molecule has 1 aliphatic carbocycles. The molecule has 1 saturated carbocycles. The number of nitrogens with zero attached hydrogens (tertiary/aromatic N) is 1. The summed E-state index contributed by atoms with van der Waals surface area (Å²) in [5, 5.41) is 0. The third-order valence-corrected chi connectivity index (χ3v) is 5.16. The summed E-state index contributed by atoms with van der Waals surface area (Å²) in [5.74, 6) is 0. The van der Waals surface area contributed by atoms with Crippen LogP contribution in [0.2, 0.25) is 0 Å². The number of amides is 1. The van der Waals surface area contributed by atoms with E-state index in [1.807, 2.05) is 4.72 Å². The van der Waals surface area contributed by atoms with Gasteiger partial charge in [-0.2, -0.15) is 12.7 Å². The average molecular weight is 290 g/mol. The van der Waals surface area contributed by atoms with Gasteiger partial charge in [-0.1, -0.05) is 0 Å². The van der Waals surface area contributed by atoms with Crippen molar-refractivity contribution in [3.8, 4) is 0 Å². The van der Waals surface area contributed by atoms with E-state index in [9.17, 15) is 13.2 Å². The summed E-state index contributed by atoms with van der Waals surface area (Å²) in [6, 6.07) is 0. The minimum absolute atomic E-state index is 0.401. The summed E-state index contributed by atoms with van der Waals surface area (Å²) in [5.41, 5.74) is -0.308. The highest BCUT2D eigenvalue weighted by atomic mass is 32.2. The molecule has 19 heavy (non-hydrogen) atoms. The molecule has 0 bridgehead atoms. The van der Waals surface area contributed by atoms with Crippen molar-refractivity contribution in [1.82, 2.24) is 9.03 Å². The zero-order valence-electron chi connectivity index (χ0n) is 11.7. The topological polar surface area (TPSA) is 75.7 Å². The Bertz CT molecular complexity index is 453. The van der Waals surface area contributed by atoms with E-state index < -0.39 is 21.9 Å². The van der Waals surface area contributed by atoms with Crippen molar-refractivity contribution in [3.05, 3.63) is 0 Å². The predicted molar refractivity (Wildman–Crippen MR) is 70.8 cm³/mol. The van der Waals surface area contributed by atoms with Gasteiger partial charge in [0.2, 0.25) is 0 Å². The summed E-state index contributed by atoms with van der Waals surface area (Å²) in [6.45, 7) is 6.04. The molecule has 0 aromatic carbocycles. The number of hydrogen-bond acceptors (Lipinski definition) is 4. The van der Waals surface area contributed by atoms with Crippen LogP contribution in [0, 0.1) is 5.41 Å². The summed E-state index contributed by atoms with van der Waals surface area (Å²) < 4.78 is 32.3. The van der Waals surface area contributed by atoms with Crippen LogP contribution in [0.4, 0.5) is 4.79 Å². The highest BCUT2D eigenvalue weighted by molar-refractivity contribution is 7.87. The van der Waals surface area contributed by atoms with Gasteiger partial charge in [0.15, 0.2) is 0 Å². The molecule has 2 fully saturated rings. The Morgan fingerprint density at radius 1 is 1.16 bits per heavy atom. The van der Waals surface area contributed by atoms with Crippen LogP contribution in [0.3, 0.4) is 0 Å². The molecule has 7 heteroatoms. The molecule has 110 valence electrons. The normalized spacial score (nSPS) is 23.1. The molecule has 2 aliphatic rings. The second kappa shape index (κ2) is 4.63. The van der Waals surface area contributed by atoms with Crippen molar-refractivity contribution in [2.24, 2.45) is 5.41 Å². The number of nitrogens with one attached hydrogen (secondary N) is 1. The summed E-state index contributed by atoms with van der Waals surface area (Å²) >= 11 is 0. The lowest BCUT2D eigenvalue weighted by Gasteiger charge is -2.31. The van der Waals surface area contributed by atoms with Gasteiger partial charge in [0, 0.05) is 13.1 Å². The highest BCUT2D eigenvalue weighted by Gasteiger charge is 2.46. The summed E-state index contributed by atoms with van der Waals surface area (Å²) in [6.07, 6.45) is 3.28. The highest BCUT2D eigenvalue weighted by Crippen LogP contribution is 2.53. The minimum Gasteiger partial charge on any atom is -0.443 e. The molecule has 0 aromatic heterocycles. The molecule has 1 amide bonds. The fourth-order valence-corrected chi connectivity index (χ4v) is 3.39. The molecule has 0 unspecified atom stereocenters. The minimum atomic E-state index is -3.77. The van der Waals surface area contributed by atoms with E-state index in [4.69, 9.17) is 4.74 Å². The van der Waals surface area contributed by atoms with Crippen LogP contribution in [0.15, 0.2) is 0 Å². The van der Waals surface area contributed by atoms with E-state index in [1.54, 1.807) is 20.8 Å². The van der Waals surface area contributed by atoms with Crippen LogP contribution in [0.5, 0.6) is 0 Å². The molecule has 0 aromatic rings. The Hall–Kier alpha value is -0.820. The molecule has 0 radical (unpaired) electrons. The summed E-state index contributed by atoms with van der Waals surface area (Å²) in [4.78, 5) is 11.5. The first kappa shape index (κ1) is 14.6. The van der Waals surface area contributed by atoms with Crippen molar-refractivity contribution in [1.29, 1.82) is 0 Å². The number of rotatable bonds is 2. The molecule has 1 heterocycles. The molecular weight excluding hydrogens is 268 g/mol. The van der Waals surface area contributed by atoms with Gasteiger partial charge in [0.05, 0.1) is 0 Å². The molecule has 1 spiro atoms. The lowest BCUT2D eigenvalue weighted by Crippen LogP contribution is -2.48. The maximum absolute atomic E-state index is 12.0. The Kier molecular flexibility index (Phi) is 3.55. The second-order valence-corrected chi connectivity index (χ2v) is 8.18. The second-order valence-electron chi connectivity index (χ2n) is 6.51. The van der Waals surface area contributed by atoms with Crippen LogP contribution < -0.4 is 4.72 Å². The van der Waals surface area contributed by atoms with E-state index in [0.29, 0.717) is 18.5 Å². The van der Waals surface area contributed by atoms with E-state index in [2.05, 4.69) is 0 Å². The zero-order valence-corrected chi connectivity index (χ0v) is 12.5. The monoisotopic (exact) mass is 290 g/mol. The van der Waals surface area contributed by atoms with Crippen LogP contribution in [0.25, 0.3) is 0 Å². The number of carbonyl (C=O) groups is 1. The SMILES string of the molecule is CC(C)(C)OC(=O)NS(=O)(=O)N1CCC2(CC1)CC2. The third kappa shape index (κ3) is 3.82. The van der Waals surface area contributed by atoms with Crippen molar-refractivity contribution < 1.29 is 17.9 Å². The number of hydrogen-bond donors (Lipinski definition) is 1. The van der Waals surface area contributed by atoms with E-state index in [1.165, 1.54) is 17.1 Å². The van der Waals surface area contributed by atoms with Crippen molar-refractivity contribution in [3.63, 3.8) is 0 Å². The van der Waals surface area contributed by atoms with Gasteiger partial charge in [-0.05, 0) is 51.9 Å². The summed E-state index contributed by atoms with van der Waals surface area (Å²) in [7, 11) is -3.77. The fourth-order valence-electron chi connectivity index (χ4n) is 2.35. The van der Waals surface area contributed by atoms with Gasteiger partial charge in [0.25, 0.3) is 0 Å². The first-order valence-corrected chi connectivity index (χ1v) is 8.07. The largest absolute Gasteiger partial charge is 0.443 e. The molecule has 1 N–H and O–H groups in total. The smallest absolute Gasteiger partial charge is 0.422 e. The van der Waals surface area contributed by atoms with Crippen LogP contribution in [-0.4, -0.2) is 37.5 Å². The van der Waals surface area contributed by atoms with Crippen molar-refractivity contribution >= 4 is 16.3 Å². The van der Waals surface area contributed by atoms with Crippen LogP contribution >= 0.6 is 0 Å². The van der Waals surface area contributed by atoms with Gasteiger partial charge in [-0.3, -0.25) is 0 Å². The first-order valence-electron chi connectivity index (χ1n) is 6.63. The molecule has 2 rings (SSSR count). The number of piperidine rings is 1. The zero-order chi connectivity index (χ0) is 14.3.